The van der Waals surface area contributed by atoms with E-state index in [0.29, 0.717) is 5.75 Å². The maximum Gasteiger partial charge on any atom is 0.235 e. The number of rotatable bonds is 2. The lowest BCUT2D eigenvalue weighted by Gasteiger charge is -2.12. The molecule has 0 saturated heterocycles. The maximum atomic E-state index is 11.8. The van der Waals surface area contributed by atoms with Crippen LogP contribution in [0.25, 0.3) is 0 Å². The number of aryl methyl sites for hydroxylation is 3. The van der Waals surface area contributed by atoms with Crippen molar-refractivity contribution in [2.45, 2.75) is 25.6 Å². The first-order valence-corrected chi connectivity index (χ1v) is 7.62. The number of hydrogen-bond donors (Lipinski definition) is 1. The Kier molecular flexibility index (Phi) is 3.29. The van der Waals surface area contributed by atoms with Crippen LogP contribution in [-0.2, 0) is 18.4 Å². The van der Waals surface area contributed by atoms with E-state index in [1.54, 1.807) is 16.4 Å². The van der Waals surface area contributed by atoms with Crippen molar-refractivity contribution in [3.63, 3.8) is 0 Å². The number of carbonyl (C=O) groups is 1. The Bertz CT molecular complexity index is 660. The van der Waals surface area contributed by atoms with Gasteiger partial charge in [0.1, 0.15) is 5.82 Å². The van der Waals surface area contributed by atoms with Gasteiger partial charge in [0.05, 0.1) is 22.9 Å². The van der Waals surface area contributed by atoms with Crippen molar-refractivity contribution in [3.05, 3.63) is 29.2 Å². The van der Waals surface area contributed by atoms with Gasteiger partial charge in [-0.15, -0.1) is 11.8 Å². The van der Waals surface area contributed by atoms with Gasteiger partial charge in [-0.2, -0.15) is 10.2 Å². The Hall–Kier alpha value is -1.76. The first-order valence-electron chi connectivity index (χ1n) is 6.57. The SMILES string of the molecule is CCn1cc([C@H]2SCC(=O)Nc3c2cnn3C)c(C)n1. The average molecular weight is 291 g/mol. The van der Waals surface area contributed by atoms with Crippen molar-refractivity contribution in [2.24, 2.45) is 7.05 Å². The number of hydrogen-bond acceptors (Lipinski definition) is 4. The molecule has 106 valence electrons. The van der Waals surface area contributed by atoms with E-state index in [1.807, 2.05) is 24.9 Å². The van der Waals surface area contributed by atoms with Crippen molar-refractivity contribution >= 4 is 23.5 Å². The van der Waals surface area contributed by atoms with Crippen LogP contribution in [0.5, 0.6) is 0 Å². The lowest BCUT2D eigenvalue weighted by molar-refractivity contribution is -0.113. The summed E-state index contributed by atoms with van der Waals surface area (Å²) in [6.07, 6.45) is 3.90. The number of carbonyl (C=O) groups excluding carboxylic acids is 1. The summed E-state index contributed by atoms with van der Waals surface area (Å²) >= 11 is 1.62. The fourth-order valence-electron chi connectivity index (χ4n) is 2.43. The third-order valence-corrected chi connectivity index (χ3v) is 4.75. The second kappa shape index (κ2) is 4.97. The summed E-state index contributed by atoms with van der Waals surface area (Å²) in [6.45, 7) is 4.92. The maximum absolute atomic E-state index is 11.8. The number of anilines is 1. The van der Waals surface area contributed by atoms with E-state index in [1.165, 1.54) is 0 Å². The molecule has 0 spiro atoms. The fraction of sp³-hybridized carbons (Fsp3) is 0.462. The molecule has 0 aliphatic carbocycles. The molecule has 3 heterocycles. The summed E-state index contributed by atoms with van der Waals surface area (Å²) in [4.78, 5) is 11.8. The van der Waals surface area contributed by atoms with Gasteiger partial charge in [0, 0.05) is 30.9 Å². The zero-order valence-corrected chi connectivity index (χ0v) is 12.6. The van der Waals surface area contributed by atoms with Crippen LogP contribution in [0, 0.1) is 6.92 Å². The van der Waals surface area contributed by atoms with Crippen LogP contribution in [0.1, 0.15) is 29.0 Å². The molecule has 20 heavy (non-hydrogen) atoms. The predicted octanol–water partition coefficient (Wildman–Crippen LogP) is 1.72. The van der Waals surface area contributed by atoms with E-state index in [-0.39, 0.29) is 11.2 Å². The molecule has 1 aliphatic heterocycles. The van der Waals surface area contributed by atoms with Gasteiger partial charge in [0.15, 0.2) is 0 Å². The van der Waals surface area contributed by atoms with Crippen LogP contribution in [0.2, 0.25) is 0 Å². The van der Waals surface area contributed by atoms with Gasteiger partial charge in [0.2, 0.25) is 5.91 Å². The van der Waals surface area contributed by atoms with E-state index in [4.69, 9.17) is 0 Å². The Balaban J connectivity index is 2.08. The monoisotopic (exact) mass is 291 g/mol. The molecule has 7 heteroatoms. The third-order valence-electron chi connectivity index (χ3n) is 3.48. The van der Waals surface area contributed by atoms with Gasteiger partial charge >= 0.3 is 0 Å². The highest BCUT2D eigenvalue weighted by molar-refractivity contribution is 8.00. The van der Waals surface area contributed by atoms with Crippen LogP contribution >= 0.6 is 11.8 Å². The molecule has 2 aromatic heterocycles. The number of amides is 1. The van der Waals surface area contributed by atoms with Gasteiger partial charge in [-0.1, -0.05) is 0 Å². The highest BCUT2D eigenvalue weighted by Gasteiger charge is 2.29. The van der Waals surface area contributed by atoms with E-state index in [0.717, 1.165) is 29.2 Å². The summed E-state index contributed by atoms with van der Waals surface area (Å²) in [6, 6.07) is 0. The number of aromatic nitrogens is 4. The average Bonchev–Trinajstić information content (AvgIpc) is 2.91. The van der Waals surface area contributed by atoms with Gasteiger partial charge in [-0.3, -0.25) is 14.2 Å². The highest BCUT2D eigenvalue weighted by Crippen LogP contribution is 2.42. The van der Waals surface area contributed by atoms with Gasteiger partial charge in [-0.25, -0.2) is 0 Å². The molecule has 0 saturated carbocycles. The van der Waals surface area contributed by atoms with Crippen molar-refractivity contribution < 1.29 is 4.79 Å². The van der Waals surface area contributed by atoms with Crippen LogP contribution in [0.3, 0.4) is 0 Å². The summed E-state index contributed by atoms with van der Waals surface area (Å²) in [5.41, 5.74) is 3.21. The molecule has 0 bridgehead atoms. The van der Waals surface area contributed by atoms with E-state index in [2.05, 4.69) is 28.6 Å². The molecule has 0 fully saturated rings. The van der Waals surface area contributed by atoms with Crippen molar-refractivity contribution in [1.82, 2.24) is 19.6 Å². The summed E-state index contributed by atoms with van der Waals surface area (Å²) < 4.78 is 3.65. The Morgan fingerprint density at radius 1 is 1.50 bits per heavy atom. The minimum atomic E-state index is 0.0166. The van der Waals surface area contributed by atoms with Gasteiger partial charge in [-0.05, 0) is 13.8 Å². The van der Waals surface area contributed by atoms with Crippen LogP contribution in [-0.4, -0.2) is 31.2 Å². The first-order chi connectivity index (χ1) is 9.60. The topological polar surface area (TPSA) is 64.7 Å². The van der Waals surface area contributed by atoms with Crippen molar-refractivity contribution in [2.75, 3.05) is 11.1 Å². The molecule has 1 N–H and O–H groups in total. The van der Waals surface area contributed by atoms with E-state index in [9.17, 15) is 4.79 Å². The summed E-state index contributed by atoms with van der Waals surface area (Å²) in [5.74, 6) is 1.24. The van der Waals surface area contributed by atoms with Gasteiger partial charge in [0.25, 0.3) is 0 Å². The lowest BCUT2D eigenvalue weighted by atomic mass is 10.1. The van der Waals surface area contributed by atoms with Crippen molar-refractivity contribution in [3.8, 4) is 0 Å². The third kappa shape index (κ3) is 2.11. The molecular weight excluding hydrogens is 274 g/mol. The van der Waals surface area contributed by atoms with Crippen LogP contribution < -0.4 is 5.32 Å². The first kappa shape index (κ1) is 13.2. The zero-order valence-electron chi connectivity index (χ0n) is 11.8. The second-order valence-electron chi connectivity index (χ2n) is 4.84. The lowest BCUT2D eigenvalue weighted by Crippen LogP contribution is -2.15. The second-order valence-corrected chi connectivity index (χ2v) is 5.93. The largest absolute Gasteiger partial charge is 0.310 e. The number of nitrogens with one attached hydrogen (secondary N) is 1. The Morgan fingerprint density at radius 3 is 3.00 bits per heavy atom. The molecule has 1 atom stereocenters. The van der Waals surface area contributed by atoms with Gasteiger partial charge < -0.3 is 5.32 Å². The van der Waals surface area contributed by atoms with Crippen LogP contribution in [0.4, 0.5) is 5.82 Å². The molecule has 6 nitrogen and oxygen atoms in total. The zero-order chi connectivity index (χ0) is 14.3. The molecular formula is C13H17N5OS. The molecule has 0 aromatic carbocycles. The predicted molar refractivity (Wildman–Crippen MR) is 78.8 cm³/mol. The molecule has 3 rings (SSSR count). The molecule has 1 aliphatic rings. The van der Waals surface area contributed by atoms with E-state index < -0.39 is 0 Å². The molecule has 2 aromatic rings. The highest BCUT2D eigenvalue weighted by atomic mass is 32.2. The van der Waals surface area contributed by atoms with E-state index >= 15 is 0 Å². The minimum absolute atomic E-state index is 0.0166. The normalized spacial score (nSPS) is 18.6. The molecule has 1 amide bonds. The number of fused-ring (bicyclic) bond motifs is 1. The summed E-state index contributed by atoms with van der Waals surface area (Å²) in [7, 11) is 1.84. The fourth-order valence-corrected chi connectivity index (χ4v) is 3.58. The number of thioether (sulfide) groups is 1. The molecule has 0 radical (unpaired) electrons. The molecule has 0 unspecified atom stereocenters. The smallest absolute Gasteiger partial charge is 0.235 e. The Morgan fingerprint density at radius 2 is 2.30 bits per heavy atom. The quantitative estimate of drug-likeness (QED) is 0.915. The minimum Gasteiger partial charge on any atom is -0.310 e. The van der Waals surface area contributed by atoms with Crippen molar-refractivity contribution in [1.29, 1.82) is 0 Å². The van der Waals surface area contributed by atoms with Crippen LogP contribution in [0.15, 0.2) is 12.4 Å². The standard InChI is InChI=1S/C13H17N5OS/c1-4-18-6-10(8(2)16-18)12-9-5-14-17(3)13(9)15-11(19)7-20-12/h5-6,12H,4,7H2,1-3H3,(H,15,19)/t12-/m0/s1. The Labute approximate surface area is 121 Å². The number of nitrogens with zero attached hydrogens (tertiary/aromatic N) is 4. The summed E-state index contributed by atoms with van der Waals surface area (Å²) in [5, 5.41) is 11.8.